The summed E-state index contributed by atoms with van der Waals surface area (Å²) in [6.07, 6.45) is 6.30. The van der Waals surface area contributed by atoms with Crippen LogP contribution in [0.15, 0.2) is 12.3 Å². The van der Waals surface area contributed by atoms with Crippen molar-refractivity contribution in [2.75, 3.05) is 6.54 Å². The molecule has 0 radical (unpaired) electrons. The van der Waals surface area contributed by atoms with E-state index in [0.717, 1.165) is 32.1 Å². The third kappa shape index (κ3) is 2.40. The average molecular weight is 278 g/mol. The lowest BCUT2D eigenvalue weighted by Gasteiger charge is -2.38. The highest BCUT2D eigenvalue weighted by Crippen LogP contribution is 2.38. The molecule has 1 amide bonds. The van der Waals surface area contributed by atoms with Gasteiger partial charge < -0.3 is 15.6 Å². The van der Waals surface area contributed by atoms with Crippen molar-refractivity contribution in [3.05, 3.63) is 28.1 Å². The smallest absolute Gasteiger partial charge is 0.287 e. The highest BCUT2D eigenvalue weighted by atomic mass is 16.6. The predicted molar refractivity (Wildman–Crippen MR) is 72.5 cm³/mol. The van der Waals surface area contributed by atoms with E-state index in [-0.39, 0.29) is 23.2 Å². The van der Waals surface area contributed by atoms with Gasteiger partial charge in [0.15, 0.2) is 0 Å². The third-order valence-electron chi connectivity index (χ3n) is 4.17. The molecule has 3 N–H and O–H groups in total. The van der Waals surface area contributed by atoms with Gasteiger partial charge in [0.1, 0.15) is 5.69 Å². The molecule has 108 valence electrons. The number of carbonyl (C=O) groups is 1. The fourth-order valence-electron chi connectivity index (χ4n) is 2.56. The number of rotatable bonds is 5. The van der Waals surface area contributed by atoms with Crippen LogP contribution in [0.3, 0.4) is 0 Å². The van der Waals surface area contributed by atoms with E-state index in [4.69, 9.17) is 5.73 Å². The number of aromatic nitrogens is 1. The molecule has 0 unspecified atom stereocenters. The van der Waals surface area contributed by atoms with E-state index in [1.54, 1.807) is 4.57 Å². The van der Waals surface area contributed by atoms with Gasteiger partial charge in [0, 0.05) is 24.2 Å². The third-order valence-corrected chi connectivity index (χ3v) is 4.17. The van der Waals surface area contributed by atoms with Gasteiger partial charge in [-0.1, -0.05) is 0 Å². The molecule has 20 heavy (non-hydrogen) atoms. The maximum absolute atomic E-state index is 12.2. The molecule has 2 saturated carbocycles. The lowest BCUT2D eigenvalue weighted by molar-refractivity contribution is -0.384. The van der Waals surface area contributed by atoms with Crippen molar-refractivity contribution in [3.63, 3.8) is 0 Å². The maximum Gasteiger partial charge on any atom is 0.287 e. The Hall–Kier alpha value is -1.89. The summed E-state index contributed by atoms with van der Waals surface area (Å²) < 4.78 is 1.72. The van der Waals surface area contributed by atoms with Gasteiger partial charge in [0.2, 0.25) is 0 Å². The van der Waals surface area contributed by atoms with Crippen molar-refractivity contribution < 1.29 is 9.72 Å². The molecule has 2 aliphatic carbocycles. The fraction of sp³-hybridized carbons (Fsp3) is 0.615. The molecule has 0 aliphatic heterocycles. The highest BCUT2D eigenvalue weighted by Gasteiger charge is 2.34. The van der Waals surface area contributed by atoms with E-state index < -0.39 is 4.92 Å². The average Bonchev–Trinajstić information content (AvgIpc) is 3.12. The largest absolute Gasteiger partial charge is 0.349 e. The van der Waals surface area contributed by atoms with Gasteiger partial charge in [0.05, 0.1) is 11.1 Å². The minimum Gasteiger partial charge on any atom is -0.349 e. The Bertz CT molecular complexity index is 558. The molecule has 2 fully saturated rings. The van der Waals surface area contributed by atoms with E-state index >= 15 is 0 Å². The van der Waals surface area contributed by atoms with Gasteiger partial charge in [-0.3, -0.25) is 14.9 Å². The first kappa shape index (κ1) is 13.1. The molecule has 0 aromatic carbocycles. The number of nitrogens with two attached hydrogens (primary N) is 1. The second-order valence-electron chi connectivity index (χ2n) is 5.88. The molecule has 1 aromatic rings. The van der Waals surface area contributed by atoms with Crippen molar-refractivity contribution in [2.24, 2.45) is 5.73 Å². The zero-order valence-electron chi connectivity index (χ0n) is 11.2. The van der Waals surface area contributed by atoms with E-state index in [9.17, 15) is 14.9 Å². The quantitative estimate of drug-likeness (QED) is 0.626. The summed E-state index contributed by atoms with van der Waals surface area (Å²) in [5.74, 6) is -0.276. The number of nitrogens with one attached hydrogen (secondary N) is 1. The van der Waals surface area contributed by atoms with E-state index in [0.29, 0.717) is 12.2 Å². The second kappa shape index (κ2) is 4.59. The van der Waals surface area contributed by atoms with Gasteiger partial charge >= 0.3 is 0 Å². The summed E-state index contributed by atoms with van der Waals surface area (Å²) in [6, 6.07) is 1.57. The molecule has 0 bridgehead atoms. The van der Waals surface area contributed by atoms with E-state index in [1.807, 2.05) is 0 Å². The predicted octanol–water partition coefficient (Wildman–Crippen LogP) is 1.34. The molecular formula is C13H18N4O3. The summed E-state index contributed by atoms with van der Waals surface area (Å²) in [7, 11) is 0. The van der Waals surface area contributed by atoms with Crippen LogP contribution in [-0.2, 0) is 0 Å². The topological polar surface area (TPSA) is 103 Å². The lowest BCUT2D eigenvalue weighted by atomic mass is 9.78. The van der Waals surface area contributed by atoms with Crippen molar-refractivity contribution in [2.45, 2.75) is 43.7 Å². The number of nitro groups is 1. The van der Waals surface area contributed by atoms with Gasteiger partial charge in [0.25, 0.3) is 11.6 Å². The SMILES string of the molecule is NC1(CNC(=O)c2cc([N+](=O)[O-])cn2C2CC2)CCC1. The van der Waals surface area contributed by atoms with Gasteiger partial charge in [-0.25, -0.2) is 0 Å². The summed E-state index contributed by atoms with van der Waals surface area (Å²) in [4.78, 5) is 22.6. The number of amides is 1. The normalized spacial score (nSPS) is 20.2. The van der Waals surface area contributed by atoms with Crippen molar-refractivity contribution in [1.82, 2.24) is 9.88 Å². The van der Waals surface area contributed by atoms with Crippen LogP contribution in [0.1, 0.15) is 48.6 Å². The van der Waals surface area contributed by atoms with Crippen LogP contribution in [0.25, 0.3) is 0 Å². The summed E-state index contributed by atoms with van der Waals surface area (Å²) in [6.45, 7) is 0.426. The molecule has 1 heterocycles. The summed E-state index contributed by atoms with van der Waals surface area (Å²) in [5.41, 5.74) is 6.10. The minimum atomic E-state index is -0.466. The van der Waals surface area contributed by atoms with Crippen molar-refractivity contribution >= 4 is 11.6 Å². The lowest BCUT2D eigenvalue weighted by Crippen LogP contribution is -2.55. The van der Waals surface area contributed by atoms with Gasteiger partial charge in [-0.05, 0) is 32.1 Å². The van der Waals surface area contributed by atoms with Crippen LogP contribution in [0.4, 0.5) is 5.69 Å². The second-order valence-corrected chi connectivity index (χ2v) is 5.88. The molecule has 0 atom stereocenters. The molecule has 0 saturated heterocycles. The van der Waals surface area contributed by atoms with Crippen molar-refractivity contribution in [3.8, 4) is 0 Å². The zero-order valence-corrected chi connectivity index (χ0v) is 11.2. The van der Waals surface area contributed by atoms with Gasteiger partial charge in [-0.2, -0.15) is 0 Å². The van der Waals surface area contributed by atoms with Crippen LogP contribution in [0.2, 0.25) is 0 Å². The first-order chi connectivity index (χ1) is 9.48. The monoisotopic (exact) mass is 278 g/mol. The van der Waals surface area contributed by atoms with Crippen LogP contribution < -0.4 is 11.1 Å². The molecule has 7 heteroatoms. The van der Waals surface area contributed by atoms with Crippen LogP contribution in [-0.4, -0.2) is 27.5 Å². The Morgan fingerprint density at radius 1 is 1.55 bits per heavy atom. The van der Waals surface area contributed by atoms with Crippen LogP contribution in [0.5, 0.6) is 0 Å². The van der Waals surface area contributed by atoms with Crippen molar-refractivity contribution in [1.29, 1.82) is 0 Å². The fourth-order valence-corrected chi connectivity index (χ4v) is 2.56. The maximum atomic E-state index is 12.2. The molecule has 1 aromatic heterocycles. The Kier molecular flexibility index (Phi) is 3.01. The Morgan fingerprint density at radius 2 is 2.25 bits per heavy atom. The van der Waals surface area contributed by atoms with Crippen LogP contribution >= 0.6 is 0 Å². The number of hydrogen-bond acceptors (Lipinski definition) is 4. The molecular weight excluding hydrogens is 260 g/mol. The Morgan fingerprint density at radius 3 is 2.75 bits per heavy atom. The standard InChI is InChI=1S/C13H18N4O3/c14-13(4-1-5-13)8-15-12(18)11-6-10(17(19)20)7-16(11)9-2-3-9/h6-7,9H,1-5,8,14H2,(H,15,18). The summed E-state index contributed by atoms with van der Waals surface area (Å²) >= 11 is 0. The first-order valence-corrected chi connectivity index (χ1v) is 6.92. The molecule has 0 spiro atoms. The first-order valence-electron chi connectivity index (χ1n) is 6.92. The highest BCUT2D eigenvalue weighted by molar-refractivity contribution is 5.93. The minimum absolute atomic E-state index is 0.0341. The Balaban J connectivity index is 1.74. The molecule has 3 rings (SSSR count). The van der Waals surface area contributed by atoms with E-state index in [1.165, 1.54) is 12.3 Å². The van der Waals surface area contributed by atoms with E-state index in [2.05, 4.69) is 5.32 Å². The summed E-state index contributed by atoms with van der Waals surface area (Å²) in [5, 5.41) is 13.7. The molecule has 2 aliphatic rings. The number of carbonyl (C=O) groups excluding carboxylic acids is 1. The molecule has 7 nitrogen and oxygen atoms in total. The van der Waals surface area contributed by atoms with Crippen LogP contribution in [0, 0.1) is 10.1 Å². The zero-order chi connectivity index (χ0) is 14.3. The Labute approximate surface area is 116 Å². The van der Waals surface area contributed by atoms with Gasteiger partial charge in [-0.15, -0.1) is 0 Å². The number of nitrogens with zero attached hydrogens (tertiary/aromatic N) is 2. The number of hydrogen-bond donors (Lipinski definition) is 2.